The largest absolute Gasteiger partial charge is 0.442 e. The number of para-hydroxylation sites is 1. The molecule has 1 aliphatic rings. The summed E-state index contributed by atoms with van der Waals surface area (Å²) in [5.74, 6) is -0.702. The first-order valence-corrected chi connectivity index (χ1v) is 7.19. The molecule has 2 N–H and O–H groups in total. The zero-order valence-corrected chi connectivity index (χ0v) is 10.3. The molecule has 6 nitrogen and oxygen atoms in total. The summed E-state index contributed by atoms with van der Waals surface area (Å²) in [6.45, 7) is 0. The van der Waals surface area contributed by atoms with E-state index >= 15 is 0 Å². The number of sulfone groups is 1. The molecule has 0 aromatic heterocycles. The second-order valence-electron chi connectivity index (χ2n) is 4.08. The number of nitrogens with one attached hydrogen (secondary N) is 1. The predicted octanol–water partition coefficient (Wildman–Crippen LogP) is 0.393. The fourth-order valence-electron chi connectivity index (χ4n) is 1.72. The minimum atomic E-state index is -3.32. The molecule has 1 heterocycles. The lowest BCUT2D eigenvalue weighted by Crippen LogP contribution is -2.31. The lowest BCUT2D eigenvalue weighted by atomic mass is 10.3. The van der Waals surface area contributed by atoms with Gasteiger partial charge in [-0.05, 0) is 12.1 Å². The lowest BCUT2D eigenvalue weighted by Gasteiger charge is -2.14. The molecule has 0 bridgehead atoms. The lowest BCUT2D eigenvalue weighted by molar-refractivity contribution is 0.0398. The summed E-state index contributed by atoms with van der Waals surface area (Å²) in [5.41, 5.74) is 0.540. The molecule has 0 unspecified atom stereocenters. The summed E-state index contributed by atoms with van der Waals surface area (Å²) < 4.78 is 27.3. The number of ether oxygens (including phenoxy) is 1. The van der Waals surface area contributed by atoms with Crippen molar-refractivity contribution in [2.24, 2.45) is 0 Å². The maximum absolute atomic E-state index is 11.5. The Morgan fingerprint density at radius 3 is 2.50 bits per heavy atom. The molecule has 98 valence electrons. The van der Waals surface area contributed by atoms with E-state index in [2.05, 4.69) is 5.32 Å². The third-order valence-corrected chi connectivity index (χ3v) is 4.24. The van der Waals surface area contributed by atoms with Gasteiger partial charge in [-0.2, -0.15) is 0 Å². The molecule has 1 aromatic carbocycles. The molecule has 1 fully saturated rings. The quantitative estimate of drug-likeness (QED) is 0.812. The third kappa shape index (κ3) is 3.21. The van der Waals surface area contributed by atoms with E-state index < -0.39 is 28.1 Å². The van der Waals surface area contributed by atoms with Crippen LogP contribution in [0.1, 0.15) is 0 Å². The van der Waals surface area contributed by atoms with Crippen LogP contribution in [0.5, 0.6) is 0 Å². The standard InChI is InChI=1S/C11H13NO5S/c13-9-6-18(15,16)7-10(9)17-11(14)12-8-4-2-1-3-5-8/h1-5,9-10,13H,6-7H2,(H,12,14)/t9-,10+/m0/s1. The number of anilines is 1. The number of amides is 1. The van der Waals surface area contributed by atoms with E-state index in [1.165, 1.54) is 0 Å². The van der Waals surface area contributed by atoms with E-state index in [-0.39, 0.29) is 11.5 Å². The number of benzene rings is 1. The minimum absolute atomic E-state index is 0.337. The van der Waals surface area contributed by atoms with Crippen LogP contribution >= 0.6 is 0 Å². The van der Waals surface area contributed by atoms with Gasteiger partial charge in [0.25, 0.3) is 0 Å². The van der Waals surface area contributed by atoms with Gasteiger partial charge in [0.05, 0.1) is 11.5 Å². The van der Waals surface area contributed by atoms with E-state index in [0.717, 1.165) is 0 Å². The molecule has 7 heteroatoms. The summed E-state index contributed by atoms with van der Waals surface area (Å²) >= 11 is 0. The van der Waals surface area contributed by atoms with E-state index in [1.807, 2.05) is 0 Å². The van der Waals surface area contributed by atoms with Gasteiger partial charge in [0.2, 0.25) is 0 Å². The zero-order chi connectivity index (χ0) is 13.2. The van der Waals surface area contributed by atoms with Crippen molar-refractivity contribution in [3.63, 3.8) is 0 Å². The number of aliphatic hydroxyl groups is 1. The molecule has 0 spiro atoms. The van der Waals surface area contributed by atoms with Crippen LogP contribution in [0, 0.1) is 0 Å². The molecule has 1 amide bonds. The van der Waals surface area contributed by atoms with Gasteiger partial charge < -0.3 is 9.84 Å². The van der Waals surface area contributed by atoms with Crippen LogP contribution in [0.4, 0.5) is 10.5 Å². The van der Waals surface area contributed by atoms with Crippen molar-refractivity contribution in [1.29, 1.82) is 0 Å². The van der Waals surface area contributed by atoms with Gasteiger partial charge in [-0.3, -0.25) is 5.32 Å². The number of carbonyl (C=O) groups excluding carboxylic acids is 1. The van der Waals surface area contributed by atoms with Crippen LogP contribution in [0.15, 0.2) is 30.3 Å². The number of aliphatic hydroxyl groups excluding tert-OH is 1. The van der Waals surface area contributed by atoms with Gasteiger partial charge in [-0.15, -0.1) is 0 Å². The first-order valence-electron chi connectivity index (χ1n) is 5.37. The molecule has 0 radical (unpaired) electrons. The molecule has 1 aromatic rings. The molecule has 1 saturated heterocycles. The smallest absolute Gasteiger partial charge is 0.412 e. The fraction of sp³-hybridized carbons (Fsp3) is 0.364. The van der Waals surface area contributed by atoms with Crippen molar-refractivity contribution in [3.05, 3.63) is 30.3 Å². The van der Waals surface area contributed by atoms with Crippen molar-refractivity contribution in [2.75, 3.05) is 16.8 Å². The van der Waals surface area contributed by atoms with Crippen molar-refractivity contribution in [2.45, 2.75) is 12.2 Å². The summed E-state index contributed by atoms with van der Waals surface area (Å²) in [7, 11) is -3.32. The molecule has 1 aliphatic heterocycles. The first-order chi connectivity index (χ1) is 8.46. The minimum Gasteiger partial charge on any atom is -0.442 e. The second-order valence-corrected chi connectivity index (χ2v) is 6.23. The number of carbonyl (C=O) groups is 1. The van der Waals surface area contributed by atoms with Crippen molar-refractivity contribution >= 4 is 21.6 Å². The van der Waals surface area contributed by atoms with Crippen LogP contribution in [0.25, 0.3) is 0 Å². The van der Waals surface area contributed by atoms with Gasteiger partial charge in [-0.1, -0.05) is 18.2 Å². The van der Waals surface area contributed by atoms with Crippen molar-refractivity contribution < 1.29 is 23.1 Å². The normalized spacial score (nSPS) is 25.6. The second kappa shape index (κ2) is 4.95. The highest BCUT2D eigenvalue weighted by Crippen LogP contribution is 2.16. The number of rotatable bonds is 2. The van der Waals surface area contributed by atoms with Crippen LogP contribution in [-0.4, -0.2) is 43.3 Å². The predicted molar refractivity (Wildman–Crippen MR) is 65.0 cm³/mol. The number of hydrogen-bond donors (Lipinski definition) is 2. The maximum atomic E-state index is 11.5. The first kappa shape index (κ1) is 12.8. The molecule has 0 aliphatic carbocycles. The van der Waals surface area contributed by atoms with Crippen LogP contribution < -0.4 is 5.32 Å². The fourth-order valence-corrected chi connectivity index (χ4v) is 3.38. The summed E-state index contributed by atoms with van der Waals surface area (Å²) in [4.78, 5) is 11.5. The summed E-state index contributed by atoms with van der Waals surface area (Å²) in [6, 6.07) is 8.62. The number of hydrogen-bond acceptors (Lipinski definition) is 5. The Bertz CT molecular complexity index is 528. The highest BCUT2D eigenvalue weighted by atomic mass is 32.2. The highest BCUT2D eigenvalue weighted by Gasteiger charge is 2.39. The Kier molecular flexibility index (Phi) is 3.53. The van der Waals surface area contributed by atoms with Crippen LogP contribution in [0.2, 0.25) is 0 Å². The highest BCUT2D eigenvalue weighted by molar-refractivity contribution is 7.91. The molecule has 2 atom stereocenters. The maximum Gasteiger partial charge on any atom is 0.412 e. The van der Waals surface area contributed by atoms with Crippen LogP contribution in [-0.2, 0) is 14.6 Å². The average Bonchev–Trinajstić information content (AvgIpc) is 2.53. The topological polar surface area (TPSA) is 92.7 Å². The van der Waals surface area contributed by atoms with E-state index in [1.54, 1.807) is 30.3 Å². The molecular formula is C11H13NO5S. The van der Waals surface area contributed by atoms with E-state index in [4.69, 9.17) is 4.74 Å². The average molecular weight is 271 g/mol. The monoisotopic (exact) mass is 271 g/mol. The van der Waals surface area contributed by atoms with Gasteiger partial charge in [0.15, 0.2) is 9.84 Å². The van der Waals surface area contributed by atoms with Gasteiger partial charge in [0.1, 0.15) is 12.2 Å². The van der Waals surface area contributed by atoms with E-state index in [9.17, 15) is 18.3 Å². The van der Waals surface area contributed by atoms with Gasteiger partial charge >= 0.3 is 6.09 Å². The van der Waals surface area contributed by atoms with Crippen LogP contribution in [0.3, 0.4) is 0 Å². The SMILES string of the molecule is O=C(Nc1ccccc1)O[C@@H]1CS(=O)(=O)C[C@@H]1O. The van der Waals surface area contributed by atoms with E-state index in [0.29, 0.717) is 5.69 Å². The summed E-state index contributed by atoms with van der Waals surface area (Å²) in [6.07, 6.45) is -2.93. The Morgan fingerprint density at radius 1 is 1.28 bits per heavy atom. The van der Waals surface area contributed by atoms with Crippen molar-refractivity contribution in [1.82, 2.24) is 0 Å². The molecular weight excluding hydrogens is 258 g/mol. The van der Waals surface area contributed by atoms with Crippen molar-refractivity contribution in [3.8, 4) is 0 Å². The Labute approximate surface area is 104 Å². The third-order valence-electron chi connectivity index (χ3n) is 2.55. The zero-order valence-electron chi connectivity index (χ0n) is 9.44. The Morgan fingerprint density at radius 2 is 1.94 bits per heavy atom. The summed E-state index contributed by atoms with van der Waals surface area (Å²) in [5, 5.41) is 11.9. The molecule has 18 heavy (non-hydrogen) atoms. The Balaban J connectivity index is 1.93. The molecule has 2 rings (SSSR count). The molecule has 0 saturated carbocycles. The Hall–Kier alpha value is -1.60. The van der Waals surface area contributed by atoms with Gasteiger partial charge in [0, 0.05) is 5.69 Å². The van der Waals surface area contributed by atoms with Gasteiger partial charge in [-0.25, -0.2) is 13.2 Å².